The molecule has 0 spiro atoms. The van der Waals surface area contributed by atoms with Gasteiger partial charge in [-0.25, -0.2) is 0 Å². The third-order valence-electron chi connectivity index (χ3n) is 3.54. The average molecular weight is 268 g/mol. The normalized spacial score (nSPS) is 12.7. The fraction of sp³-hybridized carbons (Fsp3) is 0.188. The van der Waals surface area contributed by atoms with Crippen molar-refractivity contribution in [2.75, 3.05) is 24.3 Å². The number of benzene rings is 2. The molecule has 2 N–H and O–H groups in total. The van der Waals surface area contributed by atoms with Gasteiger partial charge in [0.2, 0.25) is 0 Å². The first-order valence-corrected chi connectivity index (χ1v) is 6.55. The summed E-state index contributed by atoms with van der Waals surface area (Å²) in [7, 11) is 1.73. The molecule has 0 radical (unpaired) electrons. The molecule has 20 heavy (non-hydrogen) atoms. The summed E-state index contributed by atoms with van der Waals surface area (Å²) >= 11 is 0. The monoisotopic (exact) mass is 268 g/mol. The lowest BCUT2D eigenvalue weighted by Gasteiger charge is -2.19. The number of anilines is 2. The highest BCUT2D eigenvalue weighted by molar-refractivity contribution is 6.07. The molecule has 3 rings (SSSR count). The van der Waals surface area contributed by atoms with Crippen LogP contribution in [0.25, 0.3) is 0 Å². The van der Waals surface area contributed by atoms with E-state index in [1.807, 2.05) is 30.3 Å². The molecule has 1 aliphatic heterocycles. The zero-order valence-corrected chi connectivity index (χ0v) is 11.3. The maximum Gasteiger partial charge on any atom is 0.258 e. The molecule has 2 aromatic rings. The number of rotatable bonds is 2. The van der Waals surface area contributed by atoms with E-state index in [9.17, 15) is 4.79 Å². The van der Waals surface area contributed by atoms with Crippen molar-refractivity contribution >= 4 is 17.3 Å². The van der Waals surface area contributed by atoms with Gasteiger partial charge in [0.25, 0.3) is 5.91 Å². The largest absolute Gasteiger partial charge is 0.493 e. The number of ether oxygens (including phenoxy) is 1. The molecule has 102 valence electrons. The van der Waals surface area contributed by atoms with Gasteiger partial charge < -0.3 is 15.4 Å². The lowest BCUT2D eigenvalue weighted by molar-refractivity contribution is 0.0993. The number of para-hydroxylation sites is 2. The van der Waals surface area contributed by atoms with Crippen molar-refractivity contribution in [1.29, 1.82) is 0 Å². The molecule has 1 amide bonds. The van der Waals surface area contributed by atoms with E-state index in [1.54, 1.807) is 24.1 Å². The van der Waals surface area contributed by atoms with Crippen molar-refractivity contribution in [3.63, 3.8) is 0 Å². The van der Waals surface area contributed by atoms with Gasteiger partial charge in [-0.05, 0) is 35.9 Å². The van der Waals surface area contributed by atoms with Crippen LogP contribution in [0.2, 0.25) is 0 Å². The highest BCUT2D eigenvalue weighted by Gasteiger charge is 2.19. The van der Waals surface area contributed by atoms with Crippen LogP contribution in [0.3, 0.4) is 0 Å². The minimum absolute atomic E-state index is 0.0717. The Bertz CT molecular complexity index is 667. The predicted octanol–water partition coefficient (Wildman–Crippen LogP) is 2.48. The SMILES string of the molecule is CN(C(=O)c1ccc2c(c1)CCO2)c1ccccc1N. The molecule has 0 aliphatic carbocycles. The number of hydrogen-bond donors (Lipinski definition) is 1. The lowest BCUT2D eigenvalue weighted by Crippen LogP contribution is -2.27. The molecule has 4 nitrogen and oxygen atoms in total. The van der Waals surface area contributed by atoms with E-state index < -0.39 is 0 Å². The van der Waals surface area contributed by atoms with Crippen LogP contribution in [0.1, 0.15) is 15.9 Å². The van der Waals surface area contributed by atoms with Gasteiger partial charge >= 0.3 is 0 Å². The smallest absolute Gasteiger partial charge is 0.258 e. The van der Waals surface area contributed by atoms with Crippen molar-refractivity contribution in [3.8, 4) is 5.75 Å². The molecule has 0 saturated heterocycles. The zero-order valence-electron chi connectivity index (χ0n) is 11.3. The number of nitrogens with two attached hydrogens (primary N) is 1. The van der Waals surface area contributed by atoms with E-state index in [-0.39, 0.29) is 5.91 Å². The Balaban J connectivity index is 1.91. The maximum absolute atomic E-state index is 12.5. The van der Waals surface area contributed by atoms with Crippen LogP contribution in [0.4, 0.5) is 11.4 Å². The summed E-state index contributed by atoms with van der Waals surface area (Å²) < 4.78 is 5.45. The quantitative estimate of drug-likeness (QED) is 0.851. The molecule has 4 heteroatoms. The molecular formula is C16H16N2O2. The van der Waals surface area contributed by atoms with E-state index in [0.29, 0.717) is 23.5 Å². The van der Waals surface area contributed by atoms with E-state index >= 15 is 0 Å². The number of amides is 1. The van der Waals surface area contributed by atoms with Gasteiger partial charge in [0.15, 0.2) is 0 Å². The predicted molar refractivity (Wildman–Crippen MR) is 79.2 cm³/mol. The second-order valence-electron chi connectivity index (χ2n) is 4.84. The van der Waals surface area contributed by atoms with Gasteiger partial charge in [0.05, 0.1) is 18.0 Å². The zero-order chi connectivity index (χ0) is 14.1. The minimum Gasteiger partial charge on any atom is -0.493 e. The third kappa shape index (κ3) is 2.09. The van der Waals surface area contributed by atoms with E-state index in [4.69, 9.17) is 10.5 Å². The second-order valence-corrected chi connectivity index (χ2v) is 4.84. The summed E-state index contributed by atoms with van der Waals surface area (Å²) in [5.41, 5.74) is 8.96. The standard InChI is InChI=1S/C16H16N2O2/c1-18(14-5-3-2-4-13(14)17)16(19)12-6-7-15-11(10-12)8-9-20-15/h2-7,10H,8-9,17H2,1H3. The van der Waals surface area contributed by atoms with Crippen LogP contribution in [-0.4, -0.2) is 19.6 Å². The highest BCUT2D eigenvalue weighted by atomic mass is 16.5. The Morgan fingerprint density at radius 3 is 2.85 bits per heavy atom. The molecule has 0 atom stereocenters. The van der Waals surface area contributed by atoms with E-state index in [1.165, 1.54) is 0 Å². The van der Waals surface area contributed by atoms with Crippen LogP contribution >= 0.6 is 0 Å². The van der Waals surface area contributed by atoms with Crippen LogP contribution < -0.4 is 15.4 Å². The van der Waals surface area contributed by atoms with Crippen molar-refractivity contribution in [1.82, 2.24) is 0 Å². The first kappa shape index (κ1) is 12.5. The molecule has 0 saturated carbocycles. The second kappa shape index (κ2) is 4.89. The molecule has 0 fully saturated rings. The highest BCUT2D eigenvalue weighted by Crippen LogP contribution is 2.28. The van der Waals surface area contributed by atoms with Crippen molar-refractivity contribution in [2.45, 2.75) is 6.42 Å². The number of nitrogen functional groups attached to an aromatic ring is 1. The summed E-state index contributed by atoms with van der Waals surface area (Å²) in [5.74, 6) is 0.807. The third-order valence-corrected chi connectivity index (χ3v) is 3.54. The Morgan fingerprint density at radius 2 is 2.05 bits per heavy atom. The van der Waals surface area contributed by atoms with Gasteiger partial charge in [-0.3, -0.25) is 4.79 Å². The van der Waals surface area contributed by atoms with Crippen LogP contribution in [0.5, 0.6) is 5.75 Å². The molecule has 1 aliphatic rings. The topological polar surface area (TPSA) is 55.6 Å². The van der Waals surface area contributed by atoms with Gasteiger partial charge in [-0.15, -0.1) is 0 Å². The lowest BCUT2D eigenvalue weighted by atomic mass is 10.1. The van der Waals surface area contributed by atoms with E-state index in [2.05, 4.69) is 0 Å². The fourth-order valence-electron chi connectivity index (χ4n) is 2.42. The molecule has 0 unspecified atom stereocenters. The average Bonchev–Trinajstić information content (AvgIpc) is 2.93. The van der Waals surface area contributed by atoms with Gasteiger partial charge in [0.1, 0.15) is 5.75 Å². The van der Waals surface area contributed by atoms with Crippen LogP contribution in [0, 0.1) is 0 Å². The number of carbonyl (C=O) groups is 1. The Hall–Kier alpha value is -2.49. The minimum atomic E-state index is -0.0717. The molecule has 0 bridgehead atoms. The molecular weight excluding hydrogens is 252 g/mol. The van der Waals surface area contributed by atoms with Gasteiger partial charge in [-0.2, -0.15) is 0 Å². The van der Waals surface area contributed by atoms with Crippen molar-refractivity contribution in [2.24, 2.45) is 0 Å². The van der Waals surface area contributed by atoms with E-state index in [0.717, 1.165) is 17.7 Å². The van der Waals surface area contributed by atoms with Crippen LogP contribution in [-0.2, 0) is 6.42 Å². The summed E-state index contributed by atoms with van der Waals surface area (Å²) in [6.45, 7) is 0.689. The van der Waals surface area contributed by atoms with Crippen molar-refractivity contribution in [3.05, 3.63) is 53.6 Å². The molecule has 1 heterocycles. The Labute approximate surface area is 117 Å². The van der Waals surface area contributed by atoms with Gasteiger partial charge in [0, 0.05) is 19.0 Å². The van der Waals surface area contributed by atoms with Gasteiger partial charge in [-0.1, -0.05) is 12.1 Å². The molecule has 0 aromatic heterocycles. The number of fused-ring (bicyclic) bond motifs is 1. The first-order valence-electron chi connectivity index (χ1n) is 6.55. The number of nitrogens with zero attached hydrogens (tertiary/aromatic N) is 1. The Kier molecular flexibility index (Phi) is 3.06. The maximum atomic E-state index is 12.5. The number of hydrogen-bond acceptors (Lipinski definition) is 3. The summed E-state index contributed by atoms with van der Waals surface area (Å²) in [6.07, 6.45) is 0.855. The summed E-state index contributed by atoms with van der Waals surface area (Å²) in [4.78, 5) is 14.1. The summed E-state index contributed by atoms with van der Waals surface area (Å²) in [6, 6.07) is 12.9. The fourth-order valence-corrected chi connectivity index (χ4v) is 2.42. The first-order chi connectivity index (χ1) is 9.66. The molecule has 2 aromatic carbocycles. The number of carbonyl (C=O) groups excluding carboxylic acids is 1. The van der Waals surface area contributed by atoms with Crippen LogP contribution in [0.15, 0.2) is 42.5 Å². The summed E-state index contributed by atoms with van der Waals surface area (Å²) in [5, 5.41) is 0. The van der Waals surface area contributed by atoms with Crippen molar-refractivity contribution < 1.29 is 9.53 Å². The Morgan fingerprint density at radius 1 is 1.25 bits per heavy atom.